The van der Waals surface area contributed by atoms with E-state index < -0.39 is 10.9 Å². The van der Waals surface area contributed by atoms with Crippen molar-refractivity contribution >= 4 is 23.4 Å². The van der Waals surface area contributed by atoms with Gasteiger partial charge in [0, 0.05) is 29.0 Å². The zero-order valence-electron chi connectivity index (χ0n) is 15.8. The molecule has 1 aliphatic heterocycles. The van der Waals surface area contributed by atoms with Crippen LogP contribution in [0.2, 0.25) is 0 Å². The van der Waals surface area contributed by atoms with Gasteiger partial charge in [0.05, 0.1) is 35.0 Å². The molecule has 2 aromatic rings. The van der Waals surface area contributed by atoms with Gasteiger partial charge in [-0.05, 0) is 19.9 Å². The molecule has 0 saturated heterocycles. The molecule has 0 amide bonds. The summed E-state index contributed by atoms with van der Waals surface area (Å²) in [6, 6.07) is 6.37. The monoisotopic (exact) mass is 415 g/mol. The Morgan fingerprint density at radius 2 is 2.24 bits per heavy atom. The molecule has 0 bridgehead atoms. The van der Waals surface area contributed by atoms with Gasteiger partial charge in [-0.25, -0.2) is 9.78 Å². The van der Waals surface area contributed by atoms with Crippen molar-refractivity contribution < 1.29 is 23.9 Å². The fourth-order valence-electron chi connectivity index (χ4n) is 2.83. The lowest BCUT2D eigenvalue weighted by Crippen LogP contribution is -2.13. The number of hydrogen-bond acceptors (Lipinski definition) is 9. The van der Waals surface area contributed by atoms with Crippen LogP contribution in [0.25, 0.3) is 0 Å². The minimum atomic E-state index is -0.535. The van der Waals surface area contributed by atoms with E-state index in [0.29, 0.717) is 33.3 Å². The molecule has 29 heavy (non-hydrogen) atoms. The van der Waals surface area contributed by atoms with Crippen molar-refractivity contribution in [3.8, 4) is 11.8 Å². The summed E-state index contributed by atoms with van der Waals surface area (Å²) in [6.07, 6.45) is 0. The predicted molar refractivity (Wildman–Crippen MR) is 103 cm³/mol. The minimum absolute atomic E-state index is 0.0595. The molecule has 2 heterocycles. The molecule has 0 fully saturated rings. The van der Waals surface area contributed by atoms with Gasteiger partial charge in [-0.15, -0.1) is 11.8 Å². The third-order valence-corrected chi connectivity index (χ3v) is 5.18. The average Bonchev–Trinajstić information content (AvgIpc) is 2.71. The van der Waals surface area contributed by atoms with Crippen molar-refractivity contribution in [1.29, 1.82) is 5.26 Å². The lowest BCUT2D eigenvalue weighted by atomic mass is 10.1. The maximum Gasteiger partial charge on any atom is 0.340 e. The summed E-state index contributed by atoms with van der Waals surface area (Å²) in [6.45, 7) is 3.87. The summed E-state index contributed by atoms with van der Waals surface area (Å²) < 4.78 is 15.7. The number of non-ortho nitro benzene ring substituents is 1. The van der Waals surface area contributed by atoms with Crippen LogP contribution in [-0.2, 0) is 21.8 Å². The van der Waals surface area contributed by atoms with Crippen molar-refractivity contribution in [3.63, 3.8) is 0 Å². The number of nitrogens with zero attached hydrogens (tertiary/aromatic N) is 3. The number of nitro benzene ring substituents is 1. The highest BCUT2D eigenvalue weighted by Crippen LogP contribution is 2.36. The molecule has 1 aromatic carbocycles. The number of esters is 1. The predicted octanol–water partition coefficient (Wildman–Crippen LogP) is 3.51. The van der Waals surface area contributed by atoms with Crippen LogP contribution in [0.4, 0.5) is 5.69 Å². The van der Waals surface area contributed by atoms with Gasteiger partial charge in [-0.1, -0.05) is 0 Å². The molecule has 0 spiro atoms. The lowest BCUT2D eigenvalue weighted by molar-refractivity contribution is -0.385. The zero-order chi connectivity index (χ0) is 21.0. The Morgan fingerprint density at radius 3 is 2.93 bits per heavy atom. The Hall–Kier alpha value is -3.16. The molecule has 0 N–H and O–H groups in total. The fourth-order valence-corrected chi connectivity index (χ4v) is 3.80. The number of hydrogen-bond donors (Lipinski definition) is 0. The van der Waals surface area contributed by atoms with Gasteiger partial charge in [0.1, 0.15) is 16.8 Å². The number of benzene rings is 1. The molecule has 0 unspecified atom stereocenters. The van der Waals surface area contributed by atoms with Crippen molar-refractivity contribution in [3.05, 3.63) is 56.3 Å². The molecule has 3 rings (SSSR count). The number of carbonyl (C=O) groups excluding carboxylic acids is 1. The van der Waals surface area contributed by atoms with Gasteiger partial charge < -0.3 is 14.2 Å². The molecule has 1 aliphatic rings. The van der Waals surface area contributed by atoms with E-state index in [1.54, 1.807) is 13.8 Å². The van der Waals surface area contributed by atoms with E-state index in [-0.39, 0.29) is 36.8 Å². The van der Waals surface area contributed by atoms with E-state index in [9.17, 15) is 20.2 Å². The Morgan fingerprint density at radius 1 is 1.45 bits per heavy atom. The summed E-state index contributed by atoms with van der Waals surface area (Å²) in [5.41, 5.74) is 2.06. The number of aryl methyl sites for hydroxylation is 1. The zero-order valence-corrected chi connectivity index (χ0v) is 16.6. The number of fused-ring (bicyclic) bond motifs is 1. The first-order valence-corrected chi connectivity index (χ1v) is 9.65. The molecule has 0 saturated carbocycles. The van der Waals surface area contributed by atoms with Gasteiger partial charge >= 0.3 is 5.97 Å². The number of rotatable bonds is 6. The number of ether oxygens (including phenoxy) is 3. The molecule has 0 radical (unpaired) electrons. The van der Waals surface area contributed by atoms with E-state index >= 15 is 0 Å². The van der Waals surface area contributed by atoms with Crippen molar-refractivity contribution in [2.45, 2.75) is 31.2 Å². The Labute approximate surface area is 170 Å². The van der Waals surface area contributed by atoms with Crippen LogP contribution < -0.4 is 4.74 Å². The van der Waals surface area contributed by atoms with Gasteiger partial charge in [-0.3, -0.25) is 10.1 Å². The topological polar surface area (TPSA) is 125 Å². The second-order valence-electron chi connectivity index (χ2n) is 6.06. The van der Waals surface area contributed by atoms with Gasteiger partial charge in [0.25, 0.3) is 5.69 Å². The van der Waals surface area contributed by atoms with E-state index in [1.807, 2.05) is 6.07 Å². The van der Waals surface area contributed by atoms with Crippen LogP contribution in [0.5, 0.6) is 5.75 Å². The smallest absolute Gasteiger partial charge is 0.340 e. The third kappa shape index (κ3) is 4.47. The van der Waals surface area contributed by atoms with Crippen LogP contribution in [0, 0.1) is 28.4 Å². The summed E-state index contributed by atoms with van der Waals surface area (Å²) in [5, 5.41) is 21.1. The number of aromatic nitrogens is 1. The van der Waals surface area contributed by atoms with Crippen LogP contribution in [0.15, 0.2) is 23.2 Å². The molecular weight excluding hydrogens is 398 g/mol. The molecule has 1 aromatic heterocycles. The maximum absolute atomic E-state index is 12.0. The van der Waals surface area contributed by atoms with Crippen LogP contribution in [0.3, 0.4) is 0 Å². The van der Waals surface area contributed by atoms with Crippen LogP contribution in [-0.4, -0.2) is 29.3 Å². The fraction of sp³-hybridized carbons (Fsp3) is 0.316. The highest BCUT2D eigenvalue weighted by atomic mass is 32.2. The number of thioether (sulfide) groups is 1. The van der Waals surface area contributed by atoms with E-state index in [4.69, 9.17) is 14.2 Å². The second kappa shape index (κ2) is 8.89. The summed E-state index contributed by atoms with van der Waals surface area (Å²) in [5.74, 6) is 0.309. The van der Waals surface area contributed by atoms with E-state index in [1.165, 1.54) is 30.0 Å². The Bertz CT molecular complexity index is 1020. The van der Waals surface area contributed by atoms with E-state index in [0.717, 1.165) is 0 Å². The van der Waals surface area contributed by atoms with Crippen molar-refractivity contribution in [2.24, 2.45) is 0 Å². The first-order chi connectivity index (χ1) is 13.9. The highest BCUT2D eigenvalue weighted by Gasteiger charge is 2.22. The molecule has 150 valence electrons. The largest absolute Gasteiger partial charge is 0.467 e. The van der Waals surface area contributed by atoms with E-state index in [2.05, 4.69) is 4.98 Å². The number of carbonyl (C=O) groups is 1. The number of nitriles is 1. The summed E-state index contributed by atoms with van der Waals surface area (Å²) >= 11 is 1.24. The molecule has 10 heteroatoms. The SMILES string of the molecule is CCOC(=O)c1cc(C#N)c(SCc2cc([N+](=O)[O-])cc3c2OCOC3)nc1C. The van der Waals surface area contributed by atoms with Crippen molar-refractivity contribution in [2.75, 3.05) is 13.4 Å². The minimum Gasteiger partial charge on any atom is -0.467 e. The first-order valence-electron chi connectivity index (χ1n) is 8.67. The highest BCUT2D eigenvalue weighted by molar-refractivity contribution is 7.98. The Balaban J connectivity index is 1.91. The lowest BCUT2D eigenvalue weighted by Gasteiger charge is -2.20. The molecule has 9 nitrogen and oxygen atoms in total. The standard InChI is InChI=1S/C19H17N3O6S/c1-3-27-19(23)16-6-12(7-20)18(21-11(16)2)29-9-14-5-15(22(24)25)4-13-8-26-10-28-17(13)14/h4-6H,3,8-10H2,1-2H3. The summed E-state index contributed by atoms with van der Waals surface area (Å²) in [4.78, 5) is 27.1. The molecule has 0 aliphatic carbocycles. The number of pyridine rings is 1. The van der Waals surface area contributed by atoms with Crippen LogP contribution >= 0.6 is 11.8 Å². The third-order valence-electron chi connectivity index (χ3n) is 4.14. The maximum atomic E-state index is 12.0. The number of nitro groups is 1. The van der Waals surface area contributed by atoms with Crippen molar-refractivity contribution in [1.82, 2.24) is 4.98 Å². The first kappa shape index (κ1) is 20.6. The molecular formula is C19H17N3O6S. The average molecular weight is 415 g/mol. The molecule has 0 atom stereocenters. The Kier molecular flexibility index (Phi) is 6.31. The van der Waals surface area contributed by atoms with Gasteiger partial charge in [-0.2, -0.15) is 5.26 Å². The van der Waals surface area contributed by atoms with Crippen LogP contribution in [0.1, 0.15) is 39.7 Å². The normalized spacial score (nSPS) is 12.4. The van der Waals surface area contributed by atoms with Gasteiger partial charge in [0.15, 0.2) is 6.79 Å². The quantitative estimate of drug-likeness (QED) is 0.301. The second-order valence-corrected chi connectivity index (χ2v) is 7.02. The van der Waals surface area contributed by atoms with Gasteiger partial charge in [0.2, 0.25) is 0 Å². The summed E-state index contributed by atoms with van der Waals surface area (Å²) in [7, 11) is 0.